The maximum absolute atomic E-state index is 12.1. The fraction of sp³-hybridized carbons (Fsp3) is 0.760. The van der Waals surface area contributed by atoms with Gasteiger partial charge in [-0.25, -0.2) is 0 Å². The Hall–Kier alpha value is -1.74. The summed E-state index contributed by atoms with van der Waals surface area (Å²) in [5, 5.41) is 12.4. The number of carbonyl (C=O) groups is 2. The van der Waals surface area contributed by atoms with Crippen molar-refractivity contribution in [3.8, 4) is 0 Å². The number of rotatable bonds is 10. The highest BCUT2D eigenvalue weighted by atomic mass is 16.7. The third kappa shape index (κ3) is 10.8. The Balaban J connectivity index is 1.68. The lowest BCUT2D eigenvalue weighted by molar-refractivity contribution is -0.188. The van der Waals surface area contributed by atoms with Crippen molar-refractivity contribution in [1.29, 1.82) is 0 Å². The van der Waals surface area contributed by atoms with E-state index in [-0.39, 0.29) is 61.0 Å². The number of ether oxygens (including phenoxy) is 4. The molecule has 3 unspecified atom stereocenters. The van der Waals surface area contributed by atoms with Gasteiger partial charge in [0.25, 0.3) is 0 Å². The quantitative estimate of drug-likeness (QED) is 0.376. The van der Waals surface area contributed by atoms with Gasteiger partial charge in [0, 0.05) is 26.4 Å². The predicted molar refractivity (Wildman–Crippen MR) is 124 cm³/mol. The lowest BCUT2D eigenvalue weighted by Crippen LogP contribution is -2.47. The topological polar surface area (TPSA) is 103 Å². The molecule has 1 amide bonds. The van der Waals surface area contributed by atoms with Crippen molar-refractivity contribution in [3.05, 3.63) is 23.8 Å². The van der Waals surface area contributed by atoms with Crippen molar-refractivity contribution >= 4 is 11.9 Å². The van der Waals surface area contributed by atoms with E-state index in [1.54, 1.807) is 6.92 Å². The molecule has 2 aliphatic rings. The zero-order valence-corrected chi connectivity index (χ0v) is 20.7. The number of hydrogen-bond donors (Lipinski definition) is 2. The molecule has 2 N–H and O–H groups in total. The van der Waals surface area contributed by atoms with Gasteiger partial charge in [-0.05, 0) is 52.9 Å². The molecule has 33 heavy (non-hydrogen) atoms. The van der Waals surface area contributed by atoms with E-state index in [1.165, 1.54) is 6.92 Å². The lowest BCUT2D eigenvalue weighted by atomic mass is 9.86. The van der Waals surface area contributed by atoms with Crippen LogP contribution in [-0.2, 0) is 28.5 Å². The average molecular weight is 468 g/mol. The summed E-state index contributed by atoms with van der Waals surface area (Å²) in [5.74, 6) is -0.186. The molecule has 0 spiro atoms. The van der Waals surface area contributed by atoms with Crippen LogP contribution >= 0.6 is 0 Å². The number of allylic oxidation sites excluding steroid dienone is 2. The molecule has 188 valence electrons. The van der Waals surface area contributed by atoms with Crippen LogP contribution in [-0.4, -0.2) is 66.9 Å². The second-order valence-corrected chi connectivity index (χ2v) is 9.77. The Bertz CT molecular complexity index is 695. The van der Waals surface area contributed by atoms with Crippen molar-refractivity contribution in [2.24, 2.45) is 5.92 Å². The standard InChI is InChI=1S/C25H41NO7/c1-17(6-9-22-12-20(14-27)13-25(4,5)33-22)7-11-24-30-15-21(16-31-24)26-23(29)10-8-18(2)32-19(3)28/h6-7,9,18,20-22,24,27H,8,10-16H2,1-5H3,(H,26,29)/b9-6+,17-7+. The fourth-order valence-corrected chi connectivity index (χ4v) is 4.22. The zero-order chi connectivity index (χ0) is 24.4. The molecule has 2 saturated heterocycles. The lowest BCUT2D eigenvalue weighted by Gasteiger charge is -2.39. The highest BCUT2D eigenvalue weighted by Crippen LogP contribution is 2.32. The van der Waals surface area contributed by atoms with Gasteiger partial charge in [0.1, 0.15) is 0 Å². The minimum Gasteiger partial charge on any atom is -0.463 e. The minimum atomic E-state index is -0.343. The van der Waals surface area contributed by atoms with E-state index in [0.717, 1.165) is 18.4 Å². The van der Waals surface area contributed by atoms with Crippen LogP contribution in [0.4, 0.5) is 0 Å². The van der Waals surface area contributed by atoms with Gasteiger partial charge in [0.2, 0.25) is 5.91 Å². The molecule has 2 fully saturated rings. The van der Waals surface area contributed by atoms with Crippen LogP contribution in [0.1, 0.15) is 66.7 Å². The first-order valence-electron chi connectivity index (χ1n) is 11.9. The zero-order valence-electron chi connectivity index (χ0n) is 20.7. The molecule has 8 heteroatoms. The van der Waals surface area contributed by atoms with Gasteiger partial charge in [-0.2, -0.15) is 0 Å². The van der Waals surface area contributed by atoms with Gasteiger partial charge < -0.3 is 29.4 Å². The van der Waals surface area contributed by atoms with Crippen LogP contribution in [0.3, 0.4) is 0 Å². The summed E-state index contributed by atoms with van der Waals surface area (Å²) >= 11 is 0. The van der Waals surface area contributed by atoms with Crippen molar-refractivity contribution in [2.45, 2.75) is 96.9 Å². The molecule has 0 aliphatic carbocycles. The van der Waals surface area contributed by atoms with Crippen molar-refractivity contribution in [1.82, 2.24) is 5.32 Å². The molecule has 2 heterocycles. The van der Waals surface area contributed by atoms with Crippen LogP contribution in [0.25, 0.3) is 0 Å². The first-order chi connectivity index (χ1) is 15.6. The Labute approximate surface area is 197 Å². The second-order valence-electron chi connectivity index (χ2n) is 9.77. The first kappa shape index (κ1) is 27.5. The minimum absolute atomic E-state index is 0.00203. The van der Waals surface area contributed by atoms with E-state index in [9.17, 15) is 14.7 Å². The van der Waals surface area contributed by atoms with Gasteiger partial charge in [-0.1, -0.05) is 23.8 Å². The highest BCUT2D eigenvalue weighted by molar-refractivity contribution is 5.76. The van der Waals surface area contributed by atoms with Crippen molar-refractivity contribution < 1.29 is 33.6 Å². The third-order valence-electron chi connectivity index (χ3n) is 5.76. The van der Waals surface area contributed by atoms with E-state index in [2.05, 4.69) is 31.3 Å². The summed E-state index contributed by atoms with van der Waals surface area (Å²) in [4.78, 5) is 23.0. The Morgan fingerprint density at radius 3 is 2.58 bits per heavy atom. The van der Waals surface area contributed by atoms with E-state index >= 15 is 0 Å². The number of hydrogen-bond acceptors (Lipinski definition) is 7. The molecule has 8 nitrogen and oxygen atoms in total. The number of nitrogens with one attached hydrogen (secondary N) is 1. The molecular formula is C25H41NO7. The van der Waals surface area contributed by atoms with Gasteiger partial charge in [-0.15, -0.1) is 0 Å². The van der Waals surface area contributed by atoms with E-state index in [1.807, 2.05) is 13.0 Å². The number of aliphatic hydroxyl groups is 1. The Morgan fingerprint density at radius 1 is 1.24 bits per heavy atom. The number of aliphatic hydroxyl groups excluding tert-OH is 1. The summed E-state index contributed by atoms with van der Waals surface area (Å²) in [6, 6.07) is -0.186. The molecule has 0 aromatic rings. The van der Waals surface area contributed by atoms with Crippen molar-refractivity contribution in [2.75, 3.05) is 19.8 Å². The van der Waals surface area contributed by atoms with E-state index in [4.69, 9.17) is 18.9 Å². The largest absolute Gasteiger partial charge is 0.463 e. The van der Waals surface area contributed by atoms with Gasteiger partial charge >= 0.3 is 5.97 Å². The van der Waals surface area contributed by atoms with E-state index < -0.39 is 0 Å². The number of amides is 1. The molecule has 2 rings (SSSR count). The molecule has 0 aromatic heterocycles. The normalized spacial score (nSPS) is 29.0. The van der Waals surface area contributed by atoms with Crippen molar-refractivity contribution in [3.63, 3.8) is 0 Å². The smallest absolute Gasteiger partial charge is 0.302 e. The third-order valence-corrected chi connectivity index (χ3v) is 5.76. The molecule has 0 bridgehead atoms. The van der Waals surface area contributed by atoms with Gasteiger partial charge in [0.05, 0.1) is 37.1 Å². The monoisotopic (exact) mass is 467 g/mol. The van der Waals surface area contributed by atoms with Crippen LogP contribution in [0.2, 0.25) is 0 Å². The maximum atomic E-state index is 12.1. The molecular weight excluding hydrogens is 426 g/mol. The highest BCUT2D eigenvalue weighted by Gasteiger charge is 2.33. The summed E-state index contributed by atoms with van der Waals surface area (Å²) in [6.07, 6.45) is 8.62. The first-order valence-corrected chi connectivity index (χ1v) is 11.9. The van der Waals surface area contributed by atoms with Gasteiger partial charge in [0.15, 0.2) is 6.29 Å². The SMILES string of the molecule is CC(=O)OC(C)CCC(=O)NC1COC(C/C=C(C)/C=C/C2CC(CO)CC(C)(C)O2)OC1. The van der Waals surface area contributed by atoms with Crippen LogP contribution in [0, 0.1) is 5.92 Å². The van der Waals surface area contributed by atoms with Crippen LogP contribution in [0.5, 0.6) is 0 Å². The average Bonchev–Trinajstić information content (AvgIpc) is 2.74. The fourth-order valence-electron chi connectivity index (χ4n) is 4.22. The predicted octanol–water partition coefficient (Wildman–Crippen LogP) is 3.03. The van der Waals surface area contributed by atoms with Crippen LogP contribution in [0.15, 0.2) is 23.8 Å². The summed E-state index contributed by atoms with van der Waals surface area (Å²) < 4.78 is 22.6. The molecule has 3 atom stereocenters. The summed E-state index contributed by atoms with van der Waals surface area (Å²) in [5.41, 5.74) is 0.862. The molecule has 0 radical (unpaired) electrons. The number of esters is 1. The number of carbonyl (C=O) groups excluding carboxylic acids is 2. The maximum Gasteiger partial charge on any atom is 0.302 e. The molecule has 2 aliphatic heterocycles. The second kappa shape index (κ2) is 13.2. The Morgan fingerprint density at radius 2 is 1.94 bits per heavy atom. The molecule has 0 aromatic carbocycles. The summed E-state index contributed by atoms with van der Waals surface area (Å²) in [6.45, 7) is 10.3. The summed E-state index contributed by atoms with van der Waals surface area (Å²) in [7, 11) is 0. The van der Waals surface area contributed by atoms with E-state index in [0.29, 0.717) is 26.1 Å². The van der Waals surface area contributed by atoms with Crippen LogP contribution < -0.4 is 5.32 Å². The van der Waals surface area contributed by atoms with Gasteiger partial charge in [-0.3, -0.25) is 9.59 Å². The Kier molecular flexibility index (Phi) is 11.0. The molecule has 0 saturated carbocycles.